The molecule has 0 aliphatic carbocycles. The minimum atomic E-state index is -0.0581. The number of alkyl halides is 2. The van der Waals surface area contributed by atoms with Gasteiger partial charge in [0.25, 0.3) is 0 Å². The summed E-state index contributed by atoms with van der Waals surface area (Å²) in [4.78, 5) is 0. The second-order valence-electron chi connectivity index (χ2n) is 2.53. The first-order valence-corrected chi connectivity index (χ1v) is 4.47. The predicted octanol–water partition coefficient (Wildman–Crippen LogP) is 3.51. The van der Waals surface area contributed by atoms with Gasteiger partial charge < -0.3 is 0 Å². The molecule has 0 heterocycles. The summed E-state index contributed by atoms with van der Waals surface area (Å²) < 4.78 is 0. The molecule has 0 saturated heterocycles. The van der Waals surface area contributed by atoms with E-state index >= 15 is 0 Å². The minimum absolute atomic E-state index is 0.0581. The van der Waals surface area contributed by atoms with Gasteiger partial charge >= 0.3 is 0 Å². The maximum atomic E-state index is 5.91. The summed E-state index contributed by atoms with van der Waals surface area (Å²) in [5.41, 5.74) is 2.33. The molecular formula is C9H10Cl2. The standard InChI is InChI=1S/C9H10Cl2/c1-7-2-4-8(5-3-7)9(11)6-10/h2-5,9H,6H2,1H3/t9-/m1/s1. The van der Waals surface area contributed by atoms with Gasteiger partial charge in [0.15, 0.2) is 0 Å². The molecule has 60 valence electrons. The lowest BCUT2D eigenvalue weighted by molar-refractivity contribution is 1.09. The van der Waals surface area contributed by atoms with Crippen LogP contribution in [0.5, 0.6) is 0 Å². The third-order valence-corrected chi connectivity index (χ3v) is 2.45. The maximum absolute atomic E-state index is 5.91. The van der Waals surface area contributed by atoms with Crippen molar-refractivity contribution in [3.8, 4) is 0 Å². The Bertz CT molecular complexity index is 216. The van der Waals surface area contributed by atoms with Crippen molar-refractivity contribution in [2.75, 3.05) is 5.88 Å². The van der Waals surface area contributed by atoms with E-state index in [1.807, 2.05) is 31.2 Å². The average Bonchev–Trinajstić information content (AvgIpc) is 2.05. The van der Waals surface area contributed by atoms with E-state index in [-0.39, 0.29) is 5.38 Å². The molecule has 0 nitrogen and oxygen atoms in total. The highest BCUT2D eigenvalue weighted by Gasteiger charge is 2.03. The third kappa shape index (κ3) is 2.39. The largest absolute Gasteiger partial charge is 0.125 e. The van der Waals surface area contributed by atoms with E-state index < -0.39 is 0 Å². The molecule has 0 radical (unpaired) electrons. The molecule has 0 aliphatic rings. The van der Waals surface area contributed by atoms with Crippen LogP contribution in [-0.4, -0.2) is 5.88 Å². The lowest BCUT2D eigenvalue weighted by Gasteiger charge is -2.04. The van der Waals surface area contributed by atoms with Crippen LogP contribution in [0.2, 0.25) is 0 Å². The van der Waals surface area contributed by atoms with Crippen LogP contribution in [0.4, 0.5) is 0 Å². The Morgan fingerprint density at radius 2 is 1.82 bits per heavy atom. The summed E-state index contributed by atoms with van der Waals surface area (Å²) in [5.74, 6) is 0.463. The first kappa shape index (κ1) is 8.89. The molecule has 0 saturated carbocycles. The van der Waals surface area contributed by atoms with E-state index in [9.17, 15) is 0 Å². The summed E-state index contributed by atoms with van der Waals surface area (Å²) >= 11 is 11.5. The molecule has 1 aromatic rings. The molecule has 0 aliphatic heterocycles. The van der Waals surface area contributed by atoms with Gasteiger partial charge in [-0.3, -0.25) is 0 Å². The Labute approximate surface area is 77.1 Å². The molecule has 0 N–H and O–H groups in total. The molecule has 0 spiro atoms. The number of hydrogen-bond donors (Lipinski definition) is 0. The summed E-state index contributed by atoms with van der Waals surface area (Å²) in [7, 11) is 0. The van der Waals surface area contributed by atoms with E-state index in [2.05, 4.69) is 0 Å². The molecule has 1 atom stereocenters. The van der Waals surface area contributed by atoms with Crippen LogP contribution in [0.25, 0.3) is 0 Å². The summed E-state index contributed by atoms with van der Waals surface area (Å²) in [6.45, 7) is 2.05. The van der Waals surface area contributed by atoms with Gasteiger partial charge in [-0.25, -0.2) is 0 Å². The lowest BCUT2D eigenvalue weighted by Crippen LogP contribution is -1.90. The second kappa shape index (κ2) is 3.99. The van der Waals surface area contributed by atoms with Gasteiger partial charge in [0.1, 0.15) is 0 Å². The molecular weight excluding hydrogens is 179 g/mol. The topological polar surface area (TPSA) is 0 Å². The Morgan fingerprint density at radius 3 is 2.27 bits per heavy atom. The number of rotatable bonds is 2. The number of aryl methyl sites for hydroxylation is 1. The third-order valence-electron chi connectivity index (χ3n) is 1.57. The first-order chi connectivity index (χ1) is 5.24. The quantitative estimate of drug-likeness (QED) is 0.624. The highest BCUT2D eigenvalue weighted by Crippen LogP contribution is 2.21. The molecule has 1 rings (SSSR count). The number of benzene rings is 1. The fourth-order valence-electron chi connectivity index (χ4n) is 0.864. The molecule has 0 unspecified atom stereocenters. The summed E-state index contributed by atoms with van der Waals surface area (Å²) in [6.07, 6.45) is 0. The Hall–Kier alpha value is -0.200. The Balaban J connectivity index is 2.81. The molecule has 1 aromatic carbocycles. The van der Waals surface area contributed by atoms with Crippen LogP contribution in [0, 0.1) is 6.92 Å². The van der Waals surface area contributed by atoms with Crippen LogP contribution in [0.15, 0.2) is 24.3 Å². The number of hydrogen-bond acceptors (Lipinski definition) is 0. The average molecular weight is 189 g/mol. The summed E-state index contributed by atoms with van der Waals surface area (Å²) in [5, 5.41) is -0.0581. The molecule has 0 amide bonds. The van der Waals surface area contributed by atoms with Crippen molar-refractivity contribution in [2.24, 2.45) is 0 Å². The predicted molar refractivity (Wildman–Crippen MR) is 50.5 cm³/mol. The molecule has 2 heteroatoms. The van der Waals surface area contributed by atoms with Crippen molar-refractivity contribution in [3.63, 3.8) is 0 Å². The first-order valence-electron chi connectivity index (χ1n) is 3.50. The van der Waals surface area contributed by atoms with E-state index in [1.54, 1.807) is 0 Å². The van der Waals surface area contributed by atoms with E-state index in [4.69, 9.17) is 23.2 Å². The molecule has 0 aromatic heterocycles. The monoisotopic (exact) mass is 188 g/mol. The molecule has 0 fully saturated rings. The fourth-order valence-corrected chi connectivity index (χ4v) is 1.19. The van der Waals surface area contributed by atoms with Crippen molar-refractivity contribution in [3.05, 3.63) is 35.4 Å². The molecule has 0 bridgehead atoms. The number of halogens is 2. The zero-order chi connectivity index (χ0) is 8.27. The van der Waals surface area contributed by atoms with Crippen LogP contribution < -0.4 is 0 Å². The van der Waals surface area contributed by atoms with Gasteiger partial charge in [0, 0.05) is 5.88 Å². The van der Waals surface area contributed by atoms with Crippen LogP contribution >= 0.6 is 23.2 Å². The van der Waals surface area contributed by atoms with Gasteiger partial charge in [-0.05, 0) is 12.5 Å². The van der Waals surface area contributed by atoms with Gasteiger partial charge in [-0.2, -0.15) is 0 Å². The maximum Gasteiger partial charge on any atom is 0.0720 e. The molecule has 11 heavy (non-hydrogen) atoms. The highest BCUT2D eigenvalue weighted by atomic mass is 35.5. The van der Waals surface area contributed by atoms with Crippen molar-refractivity contribution >= 4 is 23.2 Å². The van der Waals surface area contributed by atoms with Crippen molar-refractivity contribution in [1.29, 1.82) is 0 Å². The van der Waals surface area contributed by atoms with Gasteiger partial charge in [-0.1, -0.05) is 29.8 Å². The van der Waals surface area contributed by atoms with E-state index in [0.29, 0.717) is 5.88 Å². The lowest BCUT2D eigenvalue weighted by atomic mass is 10.1. The summed E-state index contributed by atoms with van der Waals surface area (Å²) in [6, 6.07) is 8.10. The zero-order valence-corrected chi connectivity index (χ0v) is 7.86. The van der Waals surface area contributed by atoms with E-state index in [1.165, 1.54) is 5.56 Å². The normalized spacial score (nSPS) is 13.0. The Morgan fingerprint density at radius 1 is 1.27 bits per heavy atom. The zero-order valence-electron chi connectivity index (χ0n) is 6.35. The highest BCUT2D eigenvalue weighted by molar-refractivity contribution is 6.28. The van der Waals surface area contributed by atoms with Crippen LogP contribution in [-0.2, 0) is 0 Å². The van der Waals surface area contributed by atoms with Crippen molar-refractivity contribution in [1.82, 2.24) is 0 Å². The van der Waals surface area contributed by atoms with Crippen LogP contribution in [0.3, 0.4) is 0 Å². The SMILES string of the molecule is Cc1ccc([C@H](Cl)CCl)cc1. The van der Waals surface area contributed by atoms with Gasteiger partial charge in [-0.15, -0.1) is 23.2 Å². The van der Waals surface area contributed by atoms with Gasteiger partial charge in [0.2, 0.25) is 0 Å². The Kier molecular flexibility index (Phi) is 3.22. The minimum Gasteiger partial charge on any atom is -0.125 e. The smallest absolute Gasteiger partial charge is 0.0720 e. The fraction of sp³-hybridized carbons (Fsp3) is 0.333. The second-order valence-corrected chi connectivity index (χ2v) is 3.37. The van der Waals surface area contributed by atoms with Crippen LogP contribution in [0.1, 0.15) is 16.5 Å². The van der Waals surface area contributed by atoms with Crippen molar-refractivity contribution < 1.29 is 0 Å². The van der Waals surface area contributed by atoms with Crippen molar-refractivity contribution in [2.45, 2.75) is 12.3 Å². The van der Waals surface area contributed by atoms with E-state index in [0.717, 1.165) is 5.56 Å². The van der Waals surface area contributed by atoms with Gasteiger partial charge in [0.05, 0.1) is 5.38 Å².